The Morgan fingerprint density at radius 1 is 0.812 bits per heavy atom. The maximum absolute atomic E-state index is 13.5. The molecular weight excluding hydrogens is 396 g/mol. The molecule has 32 heavy (non-hydrogen) atoms. The number of amides is 2. The maximum Gasteiger partial charge on any atom is 0.243 e. The molecule has 166 valence electrons. The van der Waals surface area contributed by atoms with Crippen LogP contribution >= 0.6 is 0 Å². The predicted octanol–water partition coefficient (Wildman–Crippen LogP) is 4.70. The monoisotopic (exact) mass is 428 g/mol. The van der Waals surface area contributed by atoms with Gasteiger partial charge in [0.05, 0.1) is 0 Å². The quantitative estimate of drug-likeness (QED) is 0.509. The first kappa shape index (κ1) is 23.3. The summed E-state index contributed by atoms with van der Waals surface area (Å²) in [4.78, 5) is 28.3. The first-order chi connectivity index (χ1) is 15.6. The van der Waals surface area contributed by atoms with Crippen LogP contribution in [0.2, 0.25) is 0 Å². The number of nitrogens with zero attached hydrogens (tertiary/aromatic N) is 1. The minimum Gasteiger partial charge on any atom is -0.355 e. The molecule has 0 aromatic heterocycles. The molecule has 1 N–H and O–H groups in total. The summed E-state index contributed by atoms with van der Waals surface area (Å²) in [5.74, 6) is -0.127. The van der Waals surface area contributed by atoms with Crippen molar-refractivity contribution in [2.45, 2.75) is 45.7 Å². The molecule has 1 atom stereocenters. The lowest BCUT2D eigenvalue weighted by molar-refractivity contribution is -0.141. The number of rotatable bonds is 10. The Morgan fingerprint density at radius 3 is 2.00 bits per heavy atom. The van der Waals surface area contributed by atoms with Crippen LogP contribution in [-0.4, -0.2) is 29.3 Å². The van der Waals surface area contributed by atoms with E-state index in [1.54, 1.807) is 4.90 Å². The zero-order chi connectivity index (χ0) is 22.8. The Kier molecular flexibility index (Phi) is 8.61. The first-order valence-electron chi connectivity index (χ1n) is 11.3. The summed E-state index contributed by atoms with van der Waals surface area (Å²) in [5, 5.41) is 2.93. The number of likely N-dealkylation sites (N-methyl/N-ethyl adjacent to an activating group) is 1. The molecule has 3 aromatic rings. The van der Waals surface area contributed by atoms with E-state index in [0.717, 1.165) is 16.7 Å². The second-order valence-electron chi connectivity index (χ2n) is 8.09. The Morgan fingerprint density at radius 2 is 1.41 bits per heavy atom. The van der Waals surface area contributed by atoms with E-state index in [2.05, 4.69) is 36.5 Å². The van der Waals surface area contributed by atoms with Crippen molar-refractivity contribution in [3.63, 3.8) is 0 Å². The van der Waals surface area contributed by atoms with Gasteiger partial charge in [0.25, 0.3) is 0 Å². The topological polar surface area (TPSA) is 49.4 Å². The van der Waals surface area contributed by atoms with Crippen molar-refractivity contribution in [3.05, 3.63) is 107 Å². The van der Waals surface area contributed by atoms with Crippen LogP contribution in [0.25, 0.3) is 0 Å². The van der Waals surface area contributed by atoms with Gasteiger partial charge < -0.3 is 10.2 Å². The minimum atomic E-state index is -0.567. The van der Waals surface area contributed by atoms with Gasteiger partial charge in [-0.1, -0.05) is 90.5 Å². The molecule has 4 heteroatoms. The lowest BCUT2D eigenvalue weighted by atomic mass is 10.0. The number of nitrogens with one attached hydrogen (secondary N) is 1. The Balaban J connectivity index is 1.85. The van der Waals surface area contributed by atoms with Crippen LogP contribution in [0.4, 0.5) is 0 Å². The van der Waals surface area contributed by atoms with Gasteiger partial charge in [0.2, 0.25) is 11.8 Å². The molecule has 3 rings (SSSR count). The van der Waals surface area contributed by atoms with E-state index < -0.39 is 6.04 Å². The lowest BCUT2D eigenvalue weighted by Crippen LogP contribution is -2.50. The SMILES string of the molecule is CCNC(=O)[C@H](Cc1ccccc1)N(Cc1ccccc1)C(=O)CCc1ccc(C)cc1. The van der Waals surface area contributed by atoms with Gasteiger partial charge in [-0.2, -0.15) is 0 Å². The maximum atomic E-state index is 13.5. The van der Waals surface area contributed by atoms with Crippen LogP contribution in [0.5, 0.6) is 0 Å². The summed E-state index contributed by atoms with van der Waals surface area (Å²) in [6.45, 7) is 4.89. The van der Waals surface area contributed by atoms with Crippen molar-refractivity contribution in [2.75, 3.05) is 6.54 Å². The van der Waals surface area contributed by atoms with E-state index in [4.69, 9.17) is 0 Å². The van der Waals surface area contributed by atoms with Crippen LogP contribution < -0.4 is 5.32 Å². The summed E-state index contributed by atoms with van der Waals surface area (Å²) in [7, 11) is 0. The number of hydrogen-bond acceptors (Lipinski definition) is 2. The normalized spacial score (nSPS) is 11.6. The number of carbonyl (C=O) groups is 2. The van der Waals surface area contributed by atoms with E-state index in [1.807, 2.05) is 67.6 Å². The van der Waals surface area contributed by atoms with Gasteiger partial charge in [0.1, 0.15) is 6.04 Å². The van der Waals surface area contributed by atoms with Crippen LogP contribution in [0.1, 0.15) is 35.6 Å². The summed E-state index contributed by atoms with van der Waals surface area (Å²) in [5.41, 5.74) is 4.37. The molecule has 0 saturated heterocycles. The third kappa shape index (κ3) is 6.81. The van der Waals surface area contributed by atoms with Crippen LogP contribution in [0.3, 0.4) is 0 Å². The van der Waals surface area contributed by atoms with Crippen molar-refractivity contribution >= 4 is 11.8 Å². The van der Waals surface area contributed by atoms with Gasteiger partial charge in [0, 0.05) is 25.9 Å². The van der Waals surface area contributed by atoms with E-state index in [0.29, 0.717) is 32.4 Å². The van der Waals surface area contributed by atoms with Crippen molar-refractivity contribution in [1.82, 2.24) is 10.2 Å². The number of benzene rings is 3. The molecule has 3 aromatic carbocycles. The average molecular weight is 429 g/mol. The number of carbonyl (C=O) groups excluding carboxylic acids is 2. The number of hydrogen-bond donors (Lipinski definition) is 1. The van der Waals surface area contributed by atoms with Crippen molar-refractivity contribution in [2.24, 2.45) is 0 Å². The Labute approximate surface area is 191 Å². The molecule has 0 aliphatic carbocycles. The molecule has 0 saturated carbocycles. The molecule has 0 fully saturated rings. The Bertz CT molecular complexity index is 985. The molecule has 0 radical (unpaired) electrons. The zero-order valence-electron chi connectivity index (χ0n) is 19.0. The van der Waals surface area contributed by atoms with Crippen molar-refractivity contribution in [1.29, 1.82) is 0 Å². The van der Waals surface area contributed by atoms with E-state index in [-0.39, 0.29) is 11.8 Å². The molecular formula is C28H32N2O2. The van der Waals surface area contributed by atoms with Gasteiger partial charge in [-0.25, -0.2) is 0 Å². The Hall–Kier alpha value is -3.40. The van der Waals surface area contributed by atoms with Crippen LogP contribution in [0, 0.1) is 6.92 Å². The number of aryl methyl sites for hydroxylation is 2. The summed E-state index contributed by atoms with van der Waals surface area (Å²) < 4.78 is 0. The van der Waals surface area contributed by atoms with Gasteiger partial charge in [-0.05, 0) is 37.0 Å². The highest BCUT2D eigenvalue weighted by molar-refractivity contribution is 5.88. The second-order valence-corrected chi connectivity index (χ2v) is 8.09. The van der Waals surface area contributed by atoms with E-state index >= 15 is 0 Å². The standard InChI is InChI=1S/C28H32N2O2/c1-3-29-28(32)26(20-24-10-6-4-7-11-24)30(21-25-12-8-5-9-13-25)27(31)19-18-23-16-14-22(2)15-17-23/h4-17,26H,3,18-21H2,1-2H3,(H,29,32)/t26-/m0/s1. The van der Waals surface area contributed by atoms with E-state index in [9.17, 15) is 9.59 Å². The molecule has 2 amide bonds. The largest absolute Gasteiger partial charge is 0.355 e. The second kappa shape index (κ2) is 11.8. The molecule has 0 bridgehead atoms. The van der Waals surface area contributed by atoms with Gasteiger partial charge in [-0.15, -0.1) is 0 Å². The predicted molar refractivity (Wildman–Crippen MR) is 129 cm³/mol. The highest BCUT2D eigenvalue weighted by Gasteiger charge is 2.29. The van der Waals surface area contributed by atoms with E-state index in [1.165, 1.54) is 5.56 Å². The smallest absolute Gasteiger partial charge is 0.243 e. The van der Waals surface area contributed by atoms with Gasteiger partial charge in [-0.3, -0.25) is 9.59 Å². The average Bonchev–Trinajstić information content (AvgIpc) is 2.82. The van der Waals surface area contributed by atoms with Crippen molar-refractivity contribution in [3.8, 4) is 0 Å². The van der Waals surface area contributed by atoms with Crippen LogP contribution in [0.15, 0.2) is 84.9 Å². The van der Waals surface area contributed by atoms with Gasteiger partial charge in [0.15, 0.2) is 0 Å². The highest BCUT2D eigenvalue weighted by Crippen LogP contribution is 2.17. The fourth-order valence-electron chi connectivity index (χ4n) is 3.78. The molecule has 0 aliphatic rings. The first-order valence-corrected chi connectivity index (χ1v) is 11.3. The zero-order valence-corrected chi connectivity index (χ0v) is 19.0. The summed E-state index contributed by atoms with van der Waals surface area (Å²) in [6.07, 6.45) is 1.49. The highest BCUT2D eigenvalue weighted by atomic mass is 16.2. The minimum absolute atomic E-state index is 0.0124. The molecule has 0 heterocycles. The van der Waals surface area contributed by atoms with Crippen molar-refractivity contribution < 1.29 is 9.59 Å². The molecule has 0 unspecified atom stereocenters. The molecule has 0 spiro atoms. The van der Waals surface area contributed by atoms with Crippen LogP contribution in [-0.2, 0) is 29.0 Å². The molecule has 0 aliphatic heterocycles. The fourth-order valence-corrected chi connectivity index (χ4v) is 3.78. The summed E-state index contributed by atoms with van der Waals surface area (Å²) in [6, 6.07) is 27.5. The fraction of sp³-hybridized carbons (Fsp3) is 0.286. The molecule has 4 nitrogen and oxygen atoms in total. The van der Waals surface area contributed by atoms with Gasteiger partial charge >= 0.3 is 0 Å². The third-order valence-corrected chi connectivity index (χ3v) is 5.57. The summed E-state index contributed by atoms with van der Waals surface area (Å²) >= 11 is 0. The third-order valence-electron chi connectivity index (χ3n) is 5.57. The lowest BCUT2D eigenvalue weighted by Gasteiger charge is -2.31.